The van der Waals surface area contributed by atoms with Crippen LogP contribution in [0.2, 0.25) is 0 Å². The summed E-state index contributed by atoms with van der Waals surface area (Å²) in [4.78, 5) is 28.8. The standard InChI is InChI=1S/C26H26F6N6O5S/c27-25(28,29)18-8-15(9-19(10-18)26(30,31)32)14-44(42,43)37-21(24(40)41)12-34-23(39)17-11-35-38(13-17)7-5-20-4-3-16-2-1-6-33-22(16)36-20/h3-4,8-11,13,21,37H,1-2,5-7,12,14H2,(H,33,36)(H,34,39)(H,40,41). The Morgan fingerprint density at radius 1 is 1.07 bits per heavy atom. The Kier molecular flexibility index (Phi) is 9.53. The molecule has 238 valence electrons. The number of nitrogens with one attached hydrogen (secondary N) is 3. The number of carbonyl (C=O) groups excluding carboxylic acids is 1. The number of aliphatic carboxylic acids is 1. The Balaban J connectivity index is 1.36. The molecule has 2 aromatic heterocycles. The number of carbonyl (C=O) groups is 2. The molecule has 0 radical (unpaired) electrons. The highest BCUT2D eigenvalue weighted by molar-refractivity contribution is 7.88. The minimum absolute atomic E-state index is 0.0284. The van der Waals surface area contributed by atoms with Gasteiger partial charge in [-0.1, -0.05) is 6.07 Å². The first-order chi connectivity index (χ1) is 20.5. The third-order valence-corrected chi connectivity index (χ3v) is 7.89. The number of hydrogen-bond donors (Lipinski definition) is 4. The van der Waals surface area contributed by atoms with Crippen molar-refractivity contribution in [2.24, 2.45) is 0 Å². The van der Waals surface area contributed by atoms with Gasteiger partial charge in [-0.2, -0.15) is 36.2 Å². The first-order valence-corrected chi connectivity index (χ1v) is 14.7. The quantitative estimate of drug-likeness (QED) is 0.231. The number of rotatable bonds is 11. The number of pyridine rings is 1. The summed E-state index contributed by atoms with van der Waals surface area (Å²) < 4.78 is 107. The number of aromatic nitrogens is 3. The molecule has 1 unspecified atom stereocenters. The predicted molar refractivity (Wildman–Crippen MR) is 143 cm³/mol. The van der Waals surface area contributed by atoms with Crippen molar-refractivity contribution >= 4 is 27.7 Å². The van der Waals surface area contributed by atoms with E-state index in [0.29, 0.717) is 13.0 Å². The minimum atomic E-state index is -5.20. The van der Waals surface area contributed by atoms with Gasteiger partial charge in [0.2, 0.25) is 10.0 Å². The maximum atomic E-state index is 13.1. The van der Waals surface area contributed by atoms with E-state index in [1.165, 1.54) is 17.1 Å². The Labute approximate surface area is 246 Å². The highest BCUT2D eigenvalue weighted by atomic mass is 32.2. The molecule has 4 N–H and O–H groups in total. The number of benzene rings is 1. The van der Waals surface area contributed by atoms with Crippen molar-refractivity contribution in [2.75, 3.05) is 18.4 Å². The number of aryl methyl sites for hydroxylation is 3. The molecule has 0 bridgehead atoms. The summed E-state index contributed by atoms with van der Waals surface area (Å²) in [6, 6.07) is 2.20. The predicted octanol–water partition coefficient (Wildman–Crippen LogP) is 3.22. The number of fused-ring (bicyclic) bond motifs is 1. The second kappa shape index (κ2) is 12.8. The molecule has 1 aromatic carbocycles. The van der Waals surface area contributed by atoms with Crippen LogP contribution in [-0.2, 0) is 52.3 Å². The molecule has 44 heavy (non-hydrogen) atoms. The van der Waals surface area contributed by atoms with Crippen LogP contribution in [0.15, 0.2) is 42.7 Å². The number of sulfonamides is 1. The molecule has 0 saturated heterocycles. The third-order valence-electron chi connectivity index (χ3n) is 6.54. The number of alkyl halides is 6. The summed E-state index contributed by atoms with van der Waals surface area (Å²) in [6.45, 7) is 0.410. The van der Waals surface area contributed by atoms with E-state index in [9.17, 15) is 49.5 Å². The largest absolute Gasteiger partial charge is 0.480 e. The van der Waals surface area contributed by atoms with Crippen molar-refractivity contribution in [3.63, 3.8) is 0 Å². The number of carboxylic acids is 1. The summed E-state index contributed by atoms with van der Waals surface area (Å²) in [6.07, 6.45) is -5.35. The van der Waals surface area contributed by atoms with Crippen molar-refractivity contribution in [1.29, 1.82) is 0 Å². The maximum absolute atomic E-state index is 13.1. The van der Waals surface area contributed by atoms with Gasteiger partial charge >= 0.3 is 18.3 Å². The van der Waals surface area contributed by atoms with Crippen LogP contribution >= 0.6 is 0 Å². The molecule has 18 heteroatoms. The molecule has 3 aromatic rings. The second-order valence-electron chi connectivity index (χ2n) is 9.97. The smallest absolute Gasteiger partial charge is 0.416 e. The van der Waals surface area contributed by atoms with Crippen LogP contribution in [0.25, 0.3) is 0 Å². The summed E-state index contributed by atoms with van der Waals surface area (Å²) in [5.41, 5.74) is -2.36. The van der Waals surface area contributed by atoms with Crippen LogP contribution in [0.3, 0.4) is 0 Å². The first-order valence-electron chi connectivity index (χ1n) is 13.0. The normalized spacial score (nSPS) is 14.4. The Morgan fingerprint density at radius 2 is 1.75 bits per heavy atom. The van der Waals surface area contributed by atoms with Crippen LogP contribution in [0.4, 0.5) is 32.2 Å². The molecule has 0 saturated carbocycles. The van der Waals surface area contributed by atoms with Gasteiger partial charge in [-0.25, -0.2) is 13.4 Å². The Hall–Kier alpha value is -4.19. The molecular weight excluding hydrogens is 622 g/mol. The maximum Gasteiger partial charge on any atom is 0.416 e. The molecular formula is C26H26F6N6O5S. The molecule has 4 rings (SSSR count). The molecule has 1 aliphatic rings. The van der Waals surface area contributed by atoms with Gasteiger partial charge in [0.1, 0.15) is 11.9 Å². The number of nitrogens with zero attached hydrogens (tertiary/aromatic N) is 3. The average molecular weight is 649 g/mol. The van der Waals surface area contributed by atoms with Gasteiger partial charge in [0, 0.05) is 37.9 Å². The number of anilines is 1. The topological polar surface area (TPSA) is 155 Å². The fourth-order valence-corrected chi connectivity index (χ4v) is 5.70. The molecule has 0 fully saturated rings. The van der Waals surface area contributed by atoms with Crippen molar-refractivity contribution in [3.8, 4) is 0 Å². The zero-order valence-electron chi connectivity index (χ0n) is 22.7. The second-order valence-corrected chi connectivity index (χ2v) is 11.7. The number of halogens is 6. The Bertz CT molecular complexity index is 1610. The van der Waals surface area contributed by atoms with Gasteiger partial charge < -0.3 is 15.7 Å². The molecule has 1 amide bonds. The summed E-state index contributed by atoms with van der Waals surface area (Å²) in [5.74, 6) is -3.11. The molecule has 11 nitrogen and oxygen atoms in total. The van der Waals surface area contributed by atoms with E-state index < -0.39 is 69.3 Å². The lowest BCUT2D eigenvalue weighted by atomic mass is 10.1. The van der Waals surface area contributed by atoms with Gasteiger partial charge in [0.15, 0.2) is 0 Å². The molecule has 0 aliphatic carbocycles. The lowest BCUT2D eigenvalue weighted by Crippen LogP contribution is -2.48. The zero-order valence-corrected chi connectivity index (χ0v) is 23.5. The van der Waals surface area contributed by atoms with Gasteiger partial charge in [0.05, 0.1) is 28.6 Å². The zero-order chi connectivity index (χ0) is 32.3. The summed E-state index contributed by atoms with van der Waals surface area (Å²) in [7, 11) is -4.80. The lowest BCUT2D eigenvalue weighted by Gasteiger charge is -2.17. The van der Waals surface area contributed by atoms with E-state index in [1.807, 2.05) is 12.1 Å². The summed E-state index contributed by atoms with van der Waals surface area (Å²) in [5, 5.41) is 19.0. The number of hydrogen-bond acceptors (Lipinski definition) is 7. The van der Waals surface area contributed by atoms with Crippen LogP contribution in [-0.4, -0.2) is 59.3 Å². The highest BCUT2D eigenvalue weighted by Crippen LogP contribution is 2.36. The highest BCUT2D eigenvalue weighted by Gasteiger charge is 2.37. The van der Waals surface area contributed by atoms with Crippen molar-refractivity contribution < 1.29 is 49.5 Å². The monoisotopic (exact) mass is 648 g/mol. The molecule has 3 heterocycles. The van der Waals surface area contributed by atoms with Crippen molar-refractivity contribution in [2.45, 2.75) is 50.0 Å². The summed E-state index contributed by atoms with van der Waals surface area (Å²) >= 11 is 0. The van der Waals surface area contributed by atoms with E-state index in [1.54, 1.807) is 4.72 Å². The lowest BCUT2D eigenvalue weighted by molar-refractivity contribution is -0.143. The van der Waals surface area contributed by atoms with E-state index >= 15 is 0 Å². The number of amides is 1. The minimum Gasteiger partial charge on any atom is -0.480 e. The van der Waals surface area contributed by atoms with Crippen LogP contribution in [0.5, 0.6) is 0 Å². The van der Waals surface area contributed by atoms with E-state index in [-0.39, 0.29) is 23.8 Å². The fourth-order valence-electron chi connectivity index (χ4n) is 4.40. The first kappa shape index (κ1) is 32.7. The van der Waals surface area contributed by atoms with Crippen molar-refractivity contribution in [1.82, 2.24) is 24.8 Å². The molecule has 1 atom stereocenters. The van der Waals surface area contributed by atoms with Gasteiger partial charge in [0.25, 0.3) is 5.91 Å². The van der Waals surface area contributed by atoms with Gasteiger partial charge in [-0.15, -0.1) is 0 Å². The molecule has 0 spiro atoms. The van der Waals surface area contributed by atoms with Gasteiger partial charge in [-0.3, -0.25) is 14.3 Å². The van der Waals surface area contributed by atoms with E-state index in [2.05, 4.69) is 20.7 Å². The van der Waals surface area contributed by atoms with Crippen LogP contribution in [0.1, 0.15) is 44.7 Å². The van der Waals surface area contributed by atoms with Crippen molar-refractivity contribution in [3.05, 3.63) is 76.2 Å². The number of carboxylic acid groups (broad SMARTS) is 1. The van der Waals surface area contributed by atoms with Crippen LogP contribution < -0.4 is 15.4 Å². The average Bonchev–Trinajstić information content (AvgIpc) is 3.41. The van der Waals surface area contributed by atoms with Crippen LogP contribution in [0, 0.1) is 0 Å². The fraction of sp³-hybridized carbons (Fsp3) is 0.385. The third kappa shape index (κ3) is 8.68. The van der Waals surface area contributed by atoms with E-state index in [0.717, 1.165) is 36.5 Å². The van der Waals surface area contributed by atoms with E-state index in [4.69, 9.17) is 0 Å². The van der Waals surface area contributed by atoms with Gasteiger partial charge in [-0.05, 0) is 48.2 Å². The SMILES string of the molecule is O=C(NCC(NS(=O)(=O)Cc1cc(C(F)(F)F)cc(C(F)(F)F)c1)C(=O)O)c1cnn(CCc2ccc3c(n2)NCCC3)c1. The molecule has 1 aliphatic heterocycles. The Morgan fingerprint density at radius 3 is 2.39 bits per heavy atom.